The fourth-order valence-corrected chi connectivity index (χ4v) is 3.76. The standard InChI is InChI=1S/C19H28N4O2/c24-17(23-13-6-11-20-12-14-23)19(9-4-5-10-19)22-18(25)21-15-16-7-2-1-3-8-16/h1-3,7-8,20H,4-6,9-15H2,(H2,21,22,25). The van der Waals surface area contributed by atoms with E-state index in [0.717, 1.165) is 57.3 Å². The van der Waals surface area contributed by atoms with Crippen molar-refractivity contribution in [3.05, 3.63) is 35.9 Å². The van der Waals surface area contributed by atoms with Gasteiger partial charge in [0.05, 0.1) is 0 Å². The average molecular weight is 344 g/mol. The van der Waals surface area contributed by atoms with Crippen molar-refractivity contribution >= 4 is 11.9 Å². The lowest BCUT2D eigenvalue weighted by Gasteiger charge is -2.34. The van der Waals surface area contributed by atoms with Gasteiger partial charge in [0.25, 0.3) is 0 Å². The minimum atomic E-state index is -0.731. The summed E-state index contributed by atoms with van der Waals surface area (Å²) < 4.78 is 0. The summed E-state index contributed by atoms with van der Waals surface area (Å²) in [7, 11) is 0. The summed E-state index contributed by atoms with van der Waals surface area (Å²) in [6, 6.07) is 9.54. The third kappa shape index (κ3) is 4.51. The van der Waals surface area contributed by atoms with E-state index >= 15 is 0 Å². The lowest BCUT2D eigenvalue weighted by Crippen LogP contribution is -2.60. The summed E-state index contributed by atoms with van der Waals surface area (Å²) in [5, 5.41) is 9.23. The SMILES string of the molecule is O=C(NCc1ccccc1)NC1(C(=O)N2CCCNCC2)CCCC1. The van der Waals surface area contributed by atoms with Crippen molar-refractivity contribution in [2.24, 2.45) is 0 Å². The molecule has 0 radical (unpaired) electrons. The van der Waals surface area contributed by atoms with E-state index in [1.807, 2.05) is 35.2 Å². The van der Waals surface area contributed by atoms with Gasteiger partial charge in [-0.3, -0.25) is 4.79 Å². The summed E-state index contributed by atoms with van der Waals surface area (Å²) in [4.78, 5) is 27.5. The first-order valence-electron chi connectivity index (χ1n) is 9.30. The smallest absolute Gasteiger partial charge is 0.315 e. The Morgan fingerprint density at radius 2 is 1.80 bits per heavy atom. The highest BCUT2D eigenvalue weighted by Crippen LogP contribution is 2.31. The number of benzene rings is 1. The molecule has 1 aliphatic carbocycles. The van der Waals surface area contributed by atoms with Crippen LogP contribution in [-0.2, 0) is 11.3 Å². The predicted molar refractivity (Wildman–Crippen MR) is 97.1 cm³/mol. The molecule has 1 saturated carbocycles. The monoisotopic (exact) mass is 344 g/mol. The number of urea groups is 1. The number of nitrogens with one attached hydrogen (secondary N) is 3. The molecule has 6 nitrogen and oxygen atoms in total. The molecule has 1 saturated heterocycles. The summed E-state index contributed by atoms with van der Waals surface area (Å²) in [6.07, 6.45) is 4.39. The second-order valence-electron chi connectivity index (χ2n) is 6.98. The average Bonchev–Trinajstić information content (AvgIpc) is 2.94. The van der Waals surface area contributed by atoms with E-state index in [0.29, 0.717) is 13.1 Å². The van der Waals surface area contributed by atoms with Crippen LogP contribution >= 0.6 is 0 Å². The highest BCUT2D eigenvalue weighted by atomic mass is 16.2. The summed E-state index contributed by atoms with van der Waals surface area (Å²) in [5.74, 6) is 0.0866. The second-order valence-corrected chi connectivity index (χ2v) is 6.98. The van der Waals surface area contributed by atoms with Crippen LogP contribution in [-0.4, -0.2) is 48.6 Å². The van der Waals surface area contributed by atoms with Gasteiger partial charge in [-0.15, -0.1) is 0 Å². The van der Waals surface area contributed by atoms with Gasteiger partial charge in [0.1, 0.15) is 5.54 Å². The zero-order chi connectivity index (χ0) is 17.5. The van der Waals surface area contributed by atoms with Gasteiger partial charge in [-0.05, 0) is 31.4 Å². The van der Waals surface area contributed by atoms with Gasteiger partial charge >= 0.3 is 6.03 Å². The number of rotatable bonds is 4. The number of amides is 3. The Kier molecular flexibility index (Phi) is 5.91. The number of carbonyl (C=O) groups excluding carboxylic acids is 2. The lowest BCUT2D eigenvalue weighted by atomic mass is 9.95. The lowest BCUT2D eigenvalue weighted by molar-refractivity contribution is -0.137. The topological polar surface area (TPSA) is 73.5 Å². The van der Waals surface area contributed by atoms with Gasteiger partial charge in [-0.1, -0.05) is 43.2 Å². The minimum absolute atomic E-state index is 0.0866. The number of hydrogen-bond acceptors (Lipinski definition) is 3. The Labute approximate surface area is 149 Å². The van der Waals surface area contributed by atoms with Gasteiger partial charge in [-0.25, -0.2) is 4.79 Å². The van der Waals surface area contributed by atoms with Crippen molar-refractivity contribution < 1.29 is 9.59 Å². The van der Waals surface area contributed by atoms with Crippen molar-refractivity contribution in [3.8, 4) is 0 Å². The Morgan fingerprint density at radius 1 is 1.04 bits per heavy atom. The Hall–Kier alpha value is -2.08. The zero-order valence-corrected chi connectivity index (χ0v) is 14.7. The molecule has 6 heteroatoms. The van der Waals surface area contributed by atoms with Crippen molar-refractivity contribution in [2.75, 3.05) is 26.2 Å². The van der Waals surface area contributed by atoms with Crippen molar-refractivity contribution in [1.29, 1.82) is 0 Å². The molecule has 2 aliphatic rings. The summed E-state index contributed by atoms with van der Waals surface area (Å²) in [6.45, 7) is 3.71. The maximum Gasteiger partial charge on any atom is 0.315 e. The van der Waals surface area contributed by atoms with Crippen LogP contribution in [0.3, 0.4) is 0 Å². The first-order chi connectivity index (χ1) is 12.2. The van der Waals surface area contributed by atoms with Crippen LogP contribution in [0.4, 0.5) is 4.79 Å². The Bertz CT molecular complexity index is 576. The van der Waals surface area contributed by atoms with Gasteiger partial charge in [0.15, 0.2) is 0 Å². The van der Waals surface area contributed by atoms with E-state index in [-0.39, 0.29) is 11.9 Å². The molecule has 25 heavy (non-hydrogen) atoms. The molecule has 0 aromatic heterocycles. The maximum absolute atomic E-state index is 13.1. The third-order valence-electron chi connectivity index (χ3n) is 5.14. The third-order valence-corrected chi connectivity index (χ3v) is 5.14. The van der Waals surface area contributed by atoms with Gasteiger partial charge < -0.3 is 20.9 Å². The van der Waals surface area contributed by atoms with Crippen molar-refractivity contribution in [1.82, 2.24) is 20.9 Å². The molecule has 3 amide bonds. The number of hydrogen-bond donors (Lipinski definition) is 3. The molecule has 3 N–H and O–H groups in total. The fourth-order valence-electron chi connectivity index (χ4n) is 3.76. The number of nitrogens with zero attached hydrogens (tertiary/aromatic N) is 1. The van der Waals surface area contributed by atoms with Crippen molar-refractivity contribution in [2.45, 2.75) is 44.2 Å². The van der Waals surface area contributed by atoms with E-state index in [1.165, 1.54) is 0 Å². The second kappa shape index (κ2) is 8.34. The Balaban J connectivity index is 1.61. The van der Waals surface area contributed by atoms with Gasteiger partial charge in [0, 0.05) is 26.2 Å². The predicted octanol–water partition coefficient (Wildman–Crippen LogP) is 1.62. The molecular weight excluding hydrogens is 316 g/mol. The molecule has 0 unspecified atom stereocenters. The summed E-state index contributed by atoms with van der Waals surface area (Å²) >= 11 is 0. The van der Waals surface area contributed by atoms with Gasteiger partial charge in [-0.2, -0.15) is 0 Å². The maximum atomic E-state index is 13.1. The van der Waals surface area contributed by atoms with Crippen LogP contribution in [0.1, 0.15) is 37.7 Å². The molecule has 0 bridgehead atoms. The highest BCUT2D eigenvalue weighted by Gasteiger charge is 2.44. The van der Waals surface area contributed by atoms with Crippen LogP contribution in [0.15, 0.2) is 30.3 Å². The van der Waals surface area contributed by atoms with Crippen LogP contribution in [0.2, 0.25) is 0 Å². The van der Waals surface area contributed by atoms with Crippen LogP contribution < -0.4 is 16.0 Å². The highest BCUT2D eigenvalue weighted by molar-refractivity contribution is 5.91. The van der Waals surface area contributed by atoms with Crippen LogP contribution in [0.5, 0.6) is 0 Å². The van der Waals surface area contributed by atoms with Crippen LogP contribution in [0, 0.1) is 0 Å². The normalized spacial score (nSPS) is 19.9. The fraction of sp³-hybridized carbons (Fsp3) is 0.579. The molecule has 0 atom stereocenters. The largest absolute Gasteiger partial charge is 0.339 e. The molecule has 2 fully saturated rings. The molecule has 136 valence electrons. The molecular formula is C19H28N4O2. The van der Waals surface area contributed by atoms with E-state index in [4.69, 9.17) is 0 Å². The number of carbonyl (C=O) groups is 2. The zero-order valence-electron chi connectivity index (χ0n) is 14.7. The van der Waals surface area contributed by atoms with E-state index < -0.39 is 5.54 Å². The molecule has 3 rings (SSSR count). The van der Waals surface area contributed by atoms with E-state index in [2.05, 4.69) is 16.0 Å². The Morgan fingerprint density at radius 3 is 2.56 bits per heavy atom. The quantitative estimate of drug-likeness (QED) is 0.777. The minimum Gasteiger partial charge on any atom is -0.339 e. The molecule has 1 heterocycles. The first-order valence-corrected chi connectivity index (χ1v) is 9.30. The summed E-state index contributed by atoms with van der Waals surface area (Å²) in [5.41, 5.74) is 0.313. The molecule has 0 spiro atoms. The van der Waals surface area contributed by atoms with Gasteiger partial charge in [0.2, 0.25) is 5.91 Å². The molecule has 1 aromatic carbocycles. The van der Waals surface area contributed by atoms with E-state index in [9.17, 15) is 9.59 Å². The first kappa shape index (κ1) is 17.7. The van der Waals surface area contributed by atoms with E-state index in [1.54, 1.807) is 0 Å². The molecule has 1 aromatic rings. The molecule has 1 aliphatic heterocycles. The van der Waals surface area contributed by atoms with Crippen molar-refractivity contribution in [3.63, 3.8) is 0 Å². The van der Waals surface area contributed by atoms with Crippen LogP contribution in [0.25, 0.3) is 0 Å².